The number of alkyl halides is 3. The first-order valence-electron chi connectivity index (χ1n) is 10.8. The first kappa shape index (κ1) is 23.7. The Balaban J connectivity index is 1.43. The highest BCUT2D eigenvalue weighted by Crippen LogP contribution is 2.21. The van der Waals surface area contributed by atoms with Crippen LogP contribution in [-0.4, -0.2) is 43.9 Å². The van der Waals surface area contributed by atoms with Gasteiger partial charge in [-0.1, -0.05) is 25.1 Å². The molecule has 1 aliphatic rings. The maximum absolute atomic E-state index is 12.2. The van der Waals surface area contributed by atoms with E-state index in [2.05, 4.69) is 44.6 Å². The van der Waals surface area contributed by atoms with E-state index in [0.717, 1.165) is 36.0 Å². The molecule has 0 unspecified atom stereocenters. The number of halogens is 3. The number of guanidine groups is 1. The summed E-state index contributed by atoms with van der Waals surface area (Å²) < 4.78 is 41.4. The minimum absolute atomic E-state index is 0.184. The second-order valence-corrected chi connectivity index (χ2v) is 8.02. The van der Waals surface area contributed by atoms with Gasteiger partial charge in [-0.2, -0.15) is 13.2 Å². The van der Waals surface area contributed by atoms with Crippen LogP contribution < -0.4 is 20.3 Å². The molecular formula is C23H30F3N5O. The summed E-state index contributed by atoms with van der Waals surface area (Å²) in [5.41, 5.74) is 1.95. The molecule has 0 atom stereocenters. The molecule has 0 saturated carbocycles. The van der Waals surface area contributed by atoms with Gasteiger partial charge >= 0.3 is 6.18 Å². The molecule has 2 aromatic rings. The molecule has 9 heteroatoms. The number of hydrogen-bond acceptors (Lipinski definition) is 4. The van der Waals surface area contributed by atoms with Gasteiger partial charge in [-0.3, -0.25) is 4.99 Å². The van der Waals surface area contributed by atoms with E-state index in [4.69, 9.17) is 4.74 Å². The van der Waals surface area contributed by atoms with Crippen LogP contribution in [0.4, 0.5) is 19.0 Å². The number of rotatable bonds is 7. The SMILES string of the molecule is CN=C(NCc1ccc(OCC(F)(F)F)cc1)NCc1ccc(N2CCC(C)CC2)nc1. The van der Waals surface area contributed by atoms with Crippen LogP contribution in [0.15, 0.2) is 47.6 Å². The number of nitrogens with zero attached hydrogens (tertiary/aromatic N) is 3. The Kier molecular flexibility index (Phi) is 8.19. The van der Waals surface area contributed by atoms with Crippen LogP contribution in [0.5, 0.6) is 5.75 Å². The lowest BCUT2D eigenvalue weighted by Gasteiger charge is -2.31. The fraction of sp³-hybridized carbons (Fsp3) is 0.478. The molecule has 1 aliphatic heterocycles. The maximum atomic E-state index is 12.2. The first-order chi connectivity index (χ1) is 15.3. The molecule has 1 aromatic carbocycles. The van der Waals surface area contributed by atoms with Crippen LogP contribution in [0.2, 0.25) is 0 Å². The molecule has 1 fully saturated rings. The van der Waals surface area contributed by atoms with Crippen molar-refractivity contribution in [2.45, 2.75) is 39.0 Å². The summed E-state index contributed by atoms with van der Waals surface area (Å²) in [7, 11) is 1.68. The fourth-order valence-electron chi connectivity index (χ4n) is 3.41. The number of aliphatic imine (C=N–C) groups is 1. The Morgan fingerprint density at radius 3 is 2.25 bits per heavy atom. The quantitative estimate of drug-likeness (QED) is 0.492. The van der Waals surface area contributed by atoms with E-state index < -0.39 is 12.8 Å². The number of pyridine rings is 1. The van der Waals surface area contributed by atoms with Crippen molar-refractivity contribution < 1.29 is 17.9 Å². The average molecular weight is 450 g/mol. The lowest BCUT2D eigenvalue weighted by molar-refractivity contribution is -0.153. The van der Waals surface area contributed by atoms with Crippen LogP contribution in [0.3, 0.4) is 0 Å². The molecule has 0 spiro atoms. The van der Waals surface area contributed by atoms with Gasteiger partial charge in [0.1, 0.15) is 11.6 Å². The average Bonchev–Trinajstić information content (AvgIpc) is 2.79. The molecule has 6 nitrogen and oxygen atoms in total. The predicted octanol–water partition coefficient (Wildman–Crippen LogP) is 4.12. The molecule has 3 rings (SSSR count). The zero-order valence-corrected chi connectivity index (χ0v) is 18.5. The number of benzene rings is 1. The van der Waals surface area contributed by atoms with E-state index in [1.807, 2.05) is 6.20 Å². The topological polar surface area (TPSA) is 61.8 Å². The van der Waals surface area contributed by atoms with E-state index in [9.17, 15) is 13.2 Å². The van der Waals surface area contributed by atoms with E-state index in [1.54, 1.807) is 19.2 Å². The number of ether oxygens (including phenoxy) is 1. The lowest BCUT2D eigenvalue weighted by Crippen LogP contribution is -2.36. The summed E-state index contributed by atoms with van der Waals surface area (Å²) in [6, 6.07) is 10.6. The molecule has 0 radical (unpaired) electrons. The van der Waals surface area contributed by atoms with Gasteiger partial charge in [0.2, 0.25) is 0 Å². The van der Waals surface area contributed by atoms with Crippen LogP contribution in [0.1, 0.15) is 30.9 Å². The minimum atomic E-state index is -4.35. The van der Waals surface area contributed by atoms with Gasteiger partial charge in [0.15, 0.2) is 12.6 Å². The van der Waals surface area contributed by atoms with Crippen LogP contribution >= 0.6 is 0 Å². The van der Waals surface area contributed by atoms with Crippen molar-refractivity contribution in [3.63, 3.8) is 0 Å². The van der Waals surface area contributed by atoms with E-state index >= 15 is 0 Å². The summed E-state index contributed by atoms with van der Waals surface area (Å²) in [4.78, 5) is 11.1. The molecule has 0 amide bonds. The lowest BCUT2D eigenvalue weighted by atomic mass is 9.99. The Hall–Kier alpha value is -2.97. The summed E-state index contributed by atoms with van der Waals surface area (Å²) in [5.74, 6) is 2.61. The van der Waals surface area contributed by atoms with E-state index in [0.29, 0.717) is 19.0 Å². The third kappa shape index (κ3) is 7.62. The third-order valence-electron chi connectivity index (χ3n) is 5.39. The Bertz CT molecular complexity index is 861. The number of hydrogen-bond donors (Lipinski definition) is 2. The van der Waals surface area contributed by atoms with Crippen molar-refractivity contribution in [3.05, 3.63) is 53.7 Å². The van der Waals surface area contributed by atoms with Crippen molar-refractivity contribution in [1.82, 2.24) is 15.6 Å². The monoisotopic (exact) mass is 449 g/mol. The highest BCUT2D eigenvalue weighted by molar-refractivity contribution is 5.79. The van der Waals surface area contributed by atoms with Gasteiger partial charge in [-0.05, 0) is 48.1 Å². The zero-order valence-electron chi connectivity index (χ0n) is 18.5. The molecule has 1 saturated heterocycles. The maximum Gasteiger partial charge on any atom is 0.422 e. The van der Waals surface area contributed by atoms with Gasteiger partial charge in [-0.25, -0.2) is 4.98 Å². The summed E-state index contributed by atoms with van der Waals surface area (Å²) in [6.07, 6.45) is -0.0552. The van der Waals surface area contributed by atoms with Gasteiger partial charge in [0, 0.05) is 39.4 Å². The van der Waals surface area contributed by atoms with Crippen LogP contribution in [-0.2, 0) is 13.1 Å². The molecule has 1 aromatic heterocycles. The second-order valence-electron chi connectivity index (χ2n) is 8.02. The molecule has 32 heavy (non-hydrogen) atoms. The number of anilines is 1. The minimum Gasteiger partial charge on any atom is -0.484 e. The molecule has 0 bridgehead atoms. The van der Waals surface area contributed by atoms with Crippen molar-refractivity contribution >= 4 is 11.8 Å². The van der Waals surface area contributed by atoms with Crippen LogP contribution in [0, 0.1) is 5.92 Å². The third-order valence-corrected chi connectivity index (χ3v) is 5.39. The van der Waals surface area contributed by atoms with Crippen molar-refractivity contribution in [3.8, 4) is 5.75 Å². The zero-order chi connectivity index (χ0) is 23.0. The van der Waals surface area contributed by atoms with E-state index in [1.165, 1.54) is 25.0 Å². The largest absolute Gasteiger partial charge is 0.484 e. The standard InChI is InChI=1S/C23H30F3N5O/c1-17-9-11-31(12-10-17)21-8-5-19(14-28-21)15-30-22(27-2)29-13-18-3-6-20(7-4-18)32-16-23(24,25)26/h3-8,14,17H,9-13,15-16H2,1-2H3,(H2,27,29,30). The first-order valence-corrected chi connectivity index (χ1v) is 10.8. The molecule has 2 N–H and O–H groups in total. The molecular weight excluding hydrogens is 419 g/mol. The van der Waals surface area contributed by atoms with Gasteiger partial charge in [0.05, 0.1) is 0 Å². The second kappa shape index (κ2) is 11.1. The number of nitrogens with one attached hydrogen (secondary N) is 2. The Morgan fingerprint density at radius 2 is 1.69 bits per heavy atom. The predicted molar refractivity (Wildman–Crippen MR) is 120 cm³/mol. The smallest absolute Gasteiger partial charge is 0.422 e. The normalized spacial score (nSPS) is 15.5. The van der Waals surface area contributed by atoms with Crippen molar-refractivity contribution in [2.75, 3.05) is 31.6 Å². The fourth-order valence-corrected chi connectivity index (χ4v) is 3.41. The Morgan fingerprint density at radius 1 is 1.06 bits per heavy atom. The van der Waals surface area contributed by atoms with Crippen molar-refractivity contribution in [2.24, 2.45) is 10.9 Å². The number of piperidine rings is 1. The number of aromatic nitrogens is 1. The van der Waals surface area contributed by atoms with E-state index in [-0.39, 0.29) is 5.75 Å². The highest BCUT2D eigenvalue weighted by Gasteiger charge is 2.28. The Labute approximate surface area is 186 Å². The van der Waals surface area contributed by atoms with Gasteiger partial charge in [-0.15, -0.1) is 0 Å². The molecule has 2 heterocycles. The van der Waals surface area contributed by atoms with Crippen LogP contribution in [0.25, 0.3) is 0 Å². The summed E-state index contributed by atoms with van der Waals surface area (Å²) in [5, 5.41) is 6.43. The van der Waals surface area contributed by atoms with Gasteiger partial charge in [0.25, 0.3) is 0 Å². The summed E-state index contributed by atoms with van der Waals surface area (Å²) in [6.45, 7) is 4.16. The summed E-state index contributed by atoms with van der Waals surface area (Å²) >= 11 is 0. The van der Waals surface area contributed by atoms with Crippen molar-refractivity contribution in [1.29, 1.82) is 0 Å². The van der Waals surface area contributed by atoms with Gasteiger partial charge < -0.3 is 20.3 Å². The highest BCUT2D eigenvalue weighted by atomic mass is 19.4. The molecule has 174 valence electrons. The molecule has 0 aliphatic carbocycles.